The summed E-state index contributed by atoms with van der Waals surface area (Å²) in [4.78, 5) is 10.8. The number of guanidine groups is 1. The van der Waals surface area contributed by atoms with Crippen molar-refractivity contribution >= 4 is 29.9 Å². The Hall–Kier alpha value is -1.68. The van der Waals surface area contributed by atoms with Crippen molar-refractivity contribution in [3.63, 3.8) is 0 Å². The molecule has 1 aromatic heterocycles. The van der Waals surface area contributed by atoms with Crippen molar-refractivity contribution in [1.82, 2.24) is 30.3 Å². The van der Waals surface area contributed by atoms with Gasteiger partial charge in [0, 0.05) is 33.2 Å². The van der Waals surface area contributed by atoms with Crippen molar-refractivity contribution in [2.75, 3.05) is 14.1 Å². The molecular weight excluding hydrogens is 441 g/mol. The average Bonchev–Trinajstić information content (AvgIpc) is 3.01. The summed E-state index contributed by atoms with van der Waals surface area (Å²) in [7, 11) is 5.79. The number of nitrogens with zero attached hydrogens (tertiary/aromatic N) is 5. The molecule has 0 aliphatic carbocycles. The molecule has 2 rings (SSSR count). The molecule has 2 N–H and O–H groups in total. The SMILES string of the molecule is CN=C(NCc1ccccc1CN(C)C(C)C)NCc1ncnn1C.I. The van der Waals surface area contributed by atoms with Gasteiger partial charge in [0.1, 0.15) is 12.2 Å². The molecule has 0 aliphatic rings. The van der Waals surface area contributed by atoms with Gasteiger partial charge in [0.05, 0.1) is 6.54 Å². The Morgan fingerprint density at radius 3 is 2.42 bits per heavy atom. The third-order valence-electron chi connectivity index (χ3n) is 4.31. The number of hydrogen-bond donors (Lipinski definition) is 2. The first-order valence-electron chi connectivity index (χ1n) is 8.55. The Morgan fingerprint density at radius 1 is 1.19 bits per heavy atom. The lowest BCUT2D eigenvalue weighted by atomic mass is 10.1. The van der Waals surface area contributed by atoms with Crippen LogP contribution in [0.15, 0.2) is 35.6 Å². The second-order valence-corrected chi connectivity index (χ2v) is 6.36. The normalized spacial score (nSPS) is 11.6. The Morgan fingerprint density at radius 2 is 1.85 bits per heavy atom. The van der Waals surface area contributed by atoms with Crippen LogP contribution in [0.25, 0.3) is 0 Å². The van der Waals surface area contributed by atoms with Crippen LogP contribution in [-0.4, -0.2) is 45.8 Å². The van der Waals surface area contributed by atoms with Gasteiger partial charge in [0.25, 0.3) is 0 Å². The fourth-order valence-electron chi connectivity index (χ4n) is 2.38. The summed E-state index contributed by atoms with van der Waals surface area (Å²) in [5, 5.41) is 10.7. The van der Waals surface area contributed by atoms with Crippen molar-refractivity contribution < 1.29 is 0 Å². The molecule has 0 atom stereocenters. The largest absolute Gasteiger partial charge is 0.352 e. The quantitative estimate of drug-likeness (QED) is 0.368. The lowest BCUT2D eigenvalue weighted by molar-refractivity contribution is 0.265. The molecule has 0 bridgehead atoms. The Labute approximate surface area is 173 Å². The van der Waals surface area contributed by atoms with E-state index in [1.54, 1.807) is 18.1 Å². The summed E-state index contributed by atoms with van der Waals surface area (Å²) >= 11 is 0. The maximum atomic E-state index is 4.28. The van der Waals surface area contributed by atoms with Gasteiger partial charge in [-0.3, -0.25) is 14.6 Å². The van der Waals surface area contributed by atoms with Crippen molar-refractivity contribution in [1.29, 1.82) is 0 Å². The molecule has 26 heavy (non-hydrogen) atoms. The third-order valence-corrected chi connectivity index (χ3v) is 4.31. The van der Waals surface area contributed by atoms with Crippen molar-refractivity contribution in [2.24, 2.45) is 12.0 Å². The Kier molecular flexibility index (Phi) is 9.57. The zero-order valence-electron chi connectivity index (χ0n) is 16.2. The van der Waals surface area contributed by atoms with Gasteiger partial charge in [0.2, 0.25) is 0 Å². The minimum absolute atomic E-state index is 0. The molecule has 7 nitrogen and oxygen atoms in total. The van der Waals surface area contributed by atoms with Crippen molar-refractivity contribution in [2.45, 2.75) is 39.5 Å². The minimum atomic E-state index is 0. The summed E-state index contributed by atoms with van der Waals surface area (Å²) in [6.45, 7) is 6.65. The van der Waals surface area contributed by atoms with E-state index in [-0.39, 0.29) is 24.0 Å². The van der Waals surface area contributed by atoms with Gasteiger partial charge < -0.3 is 10.6 Å². The fourth-order valence-corrected chi connectivity index (χ4v) is 2.38. The Bertz CT molecular complexity index is 696. The second-order valence-electron chi connectivity index (χ2n) is 6.36. The predicted octanol–water partition coefficient (Wildman–Crippen LogP) is 2.14. The molecule has 0 unspecified atom stereocenters. The first-order valence-corrected chi connectivity index (χ1v) is 8.55. The number of rotatable bonds is 7. The number of benzene rings is 1. The smallest absolute Gasteiger partial charge is 0.191 e. The summed E-state index contributed by atoms with van der Waals surface area (Å²) in [6.07, 6.45) is 1.55. The van der Waals surface area contributed by atoms with Gasteiger partial charge in [-0.05, 0) is 32.0 Å². The standard InChI is InChI=1S/C18H29N7.HI/c1-14(2)24(4)12-16-9-7-6-8-15(16)10-20-18(19-3)21-11-17-22-13-23-25(17)5;/h6-9,13-14H,10-12H2,1-5H3,(H2,19,20,21);1H. The van der Waals surface area contributed by atoms with Gasteiger partial charge >= 0.3 is 0 Å². The van der Waals surface area contributed by atoms with Crippen LogP contribution in [-0.2, 0) is 26.7 Å². The van der Waals surface area contributed by atoms with E-state index in [1.807, 2.05) is 7.05 Å². The van der Waals surface area contributed by atoms with Crippen LogP contribution in [0.5, 0.6) is 0 Å². The molecule has 0 aliphatic heterocycles. The zero-order valence-corrected chi connectivity index (χ0v) is 18.6. The first kappa shape index (κ1) is 22.4. The summed E-state index contributed by atoms with van der Waals surface area (Å²) in [5.74, 6) is 1.61. The van der Waals surface area contributed by atoms with Crippen LogP contribution in [0, 0.1) is 0 Å². The van der Waals surface area contributed by atoms with E-state index in [4.69, 9.17) is 0 Å². The topological polar surface area (TPSA) is 70.4 Å². The number of aryl methyl sites for hydroxylation is 1. The van der Waals surface area contributed by atoms with Crippen LogP contribution in [0.2, 0.25) is 0 Å². The maximum Gasteiger partial charge on any atom is 0.191 e. The maximum absolute atomic E-state index is 4.28. The lowest BCUT2D eigenvalue weighted by Crippen LogP contribution is -2.37. The van der Waals surface area contributed by atoms with Crippen molar-refractivity contribution in [3.8, 4) is 0 Å². The highest BCUT2D eigenvalue weighted by atomic mass is 127. The van der Waals surface area contributed by atoms with Crippen LogP contribution < -0.4 is 10.6 Å². The van der Waals surface area contributed by atoms with Crippen molar-refractivity contribution in [3.05, 3.63) is 47.5 Å². The molecule has 0 saturated carbocycles. The number of halogens is 1. The van der Waals surface area contributed by atoms with Crippen LogP contribution >= 0.6 is 24.0 Å². The van der Waals surface area contributed by atoms with Crippen LogP contribution in [0.3, 0.4) is 0 Å². The highest BCUT2D eigenvalue weighted by molar-refractivity contribution is 14.0. The highest BCUT2D eigenvalue weighted by Crippen LogP contribution is 2.12. The van der Waals surface area contributed by atoms with E-state index in [2.05, 4.69) is 75.8 Å². The molecule has 1 aromatic carbocycles. The zero-order chi connectivity index (χ0) is 18.2. The lowest BCUT2D eigenvalue weighted by Gasteiger charge is -2.23. The highest BCUT2D eigenvalue weighted by Gasteiger charge is 2.09. The van der Waals surface area contributed by atoms with Crippen LogP contribution in [0.1, 0.15) is 30.8 Å². The monoisotopic (exact) mass is 471 g/mol. The molecule has 8 heteroatoms. The molecule has 0 spiro atoms. The fraction of sp³-hybridized carbons (Fsp3) is 0.500. The minimum Gasteiger partial charge on any atom is -0.352 e. The van der Waals surface area contributed by atoms with E-state index in [1.165, 1.54) is 11.1 Å². The average molecular weight is 471 g/mol. The summed E-state index contributed by atoms with van der Waals surface area (Å²) < 4.78 is 1.75. The van der Waals surface area contributed by atoms with E-state index >= 15 is 0 Å². The van der Waals surface area contributed by atoms with Gasteiger partial charge in [-0.2, -0.15) is 5.10 Å². The van der Waals surface area contributed by atoms with E-state index in [0.29, 0.717) is 12.6 Å². The molecule has 2 aromatic rings. The van der Waals surface area contributed by atoms with Gasteiger partial charge in [0.15, 0.2) is 5.96 Å². The van der Waals surface area contributed by atoms with Crippen LogP contribution in [0.4, 0.5) is 0 Å². The molecule has 1 heterocycles. The summed E-state index contributed by atoms with van der Waals surface area (Å²) in [5.41, 5.74) is 2.60. The van der Waals surface area contributed by atoms with E-state index in [0.717, 1.165) is 24.9 Å². The molecule has 0 saturated heterocycles. The Balaban J connectivity index is 0.00000338. The van der Waals surface area contributed by atoms with E-state index in [9.17, 15) is 0 Å². The van der Waals surface area contributed by atoms with Gasteiger partial charge in [-0.15, -0.1) is 24.0 Å². The van der Waals surface area contributed by atoms with E-state index < -0.39 is 0 Å². The number of aromatic nitrogens is 3. The predicted molar refractivity (Wildman–Crippen MR) is 117 cm³/mol. The molecule has 0 fully saturated rings. The second kappa shape index (κ2) is 11.1. The molecule has 0 amide bonds. The summed E-state index contributed by atoms with van der Waals surface area (Å²) in [6, 6.07) is 9.03. The van der Waals surface area contributed by atoms with Gasteiger partial charge in [-0.1, -0.05) is 24.3 Å². The molecule has 0 radical (unpaired) electrons. The molecular formula is C18H30IN7. The number of hydrogen-bond acceptors (Lipinski definition) is 4. The number of nitrogens with one attached hydrogen (secondary N) is 2. The first-order chi connectivity index (χ1) is 12.0. The van der Waals surface area contributed by atoms with Gasteiger partial charge in [-0.25, -0.2) is 4.98 Å². The third kappa shape index (κ3) is 6.56. The molecule has 144 valence electrons. The number of aliphatic imine (C=N–C) groups is 1.